The summed E-state index contributed by atoms with van der Waals surface area (Å²) in [7, 11) is -3.21. The lowest BCUT2D eigenvalue weighted by Crippen LogP contribution is -2.37. The van der Waals surface area contributed by atoms with Gasteiger partial charge >= 0.3 is 12.1 Å². The molecule has 0 saturated heterocycles. The molecule has 0 aliphatic carbocycles. The summed E-state index contributed by atoms with van der Waals surface area (Å²) in [5, 5.41) is 3.64. The summed E-state index contributed by atoms with van der Waals surface area (Å²) in [6, 6.07) is 0. The van der Waals surface area contributed by atoms with E-state index in [9.17, 15) is 26.4 Å². The van der Waals surface area contributed by atoms with Crippen LogP contribution in [0.1, 0.15) is 0 Å². The average molecular weight is 316 g/mol. The molecule has 0 aromatic carbocycles. The summed E-state index contributed by atoms with van der Waals surface area (Å²) in [6.07, 6.45) is -2.50. The number of halogens is 3. The maximum Gasteiger partial charge on any atom is 0.402 e. The highest BCUT2D eigenvalue weighted by Crippen LogP contribution is 2.13. The van der Waals surface area contributed by atoms with Crippen molar-refractivity contribution >= 4 is 21.9 Å². The molecule has 0 fully saturated rings. The molecule has 114 valence electrons. The third-order valence-electron chi connectivity index (χ3n) is 1.87. The Bertz CT molecular complexity index is 569. The molecule has 20 heavy (non-hydrogen) atoms. The monoisotopic (exact) mass is 316 g/mol. The largest absolute Gasteiger partial charge is 0.468 e. The number of alkyl halides is 3. The lowest BCUT2D eigenvalue weighted by atomic mass is 10.6. The SMILES string of the molecule is COC(=O)Cn1cc(NS(=O)(=O)NCC(F)(F)F)cn1. The fourth-order valence-corrected chi connectivity index (χ4v) is 1.91. The highest BCUT2D eigenvalue weighted by molar-refractivity contribution is 7.90. The number of carbonyl (C=O) groups is 1. The fraction of sp³-hybridized carbons (Fsp3) is 0.500. The number of esters is 1. The minimum absolute atomic E-state index is 0.0939. The van der Waals surface area contributed by atoms with Crippen molar-refractivity contribution in [2.45, 2.75) is 12.7 Å². The normalized spacial score (nSPS) is 12.2. The van der Waals surface area contributed by atoms with Crippen LogP contribution in [0.2, 0.25) is 0 Å². The third-order valence-corrected chi connectivity index (χ3v) is 2.90. The summed E-state index contributed by atoms with van der Waals surface area (Å²) in [5.74, 6) is -0.613. The van der Waals surface area contributed by atoms with Gasteiger partial charge in [-0.3, -0.25) is 14.2 Å². The van der Waals surface area contributed by atoms with Gasteiger partial charge < -0.3 is 4.74 Å². The highest BCUT2D eigenvalue weighted by Gasteiger charge is 2.29. The molecule has 1 rings (SSSR count). The van der Waals surface area contributed by atoms with Crippen molar-refractivity contribution < 1.29 is 31.1 Å². The van der Waals surface area contributed by atoms with E-state index in [-0.39, 0.29) is 12.2 Å². The summed E-state index contributed by atoms with van der Waals surface area (Å²) in [4.78, 5) is 10.9. The molecule has 0 bridgehead atoms. The van der Waals surface area contributed by atoms with Crippen LogP contribution in [0.3, 0.4) is 0 Å². The van der Waals surface area contributed by atoms with Crippen LogP contribution in [-0.4, -0.2) is 44.0 Å². The molecule has 1 heterocycles. The topological polar surface area (TPSA) is 102 Å². The molecule has 0 atom stereocenters. The number of carbonyl (C=O) groups excluding carboxylic acids is 1. The van der Waals surface area contributed by atoms with E-state index < -0.39 is 28.9 Å². The summed E-state index contributed by atoms with van der Waals surface area (Å²) in [5.41, 5.74) is -0.0939. The molecule has 0 spiro atoms. The highest BCUT2D eigenvalue weighted by atomic mass is 32.2. The second kappa shape index (κ2) is 6.09. The minimum atomic E-state index is -4.66. The molecule has 1 aromatic rings. The zero-order valence-corrected chi connectivity index (χ0v) is 11.0. The van der Waals surface area contributed by atoms with Gasteiger partial charge in [-0.05, 0) is 0 Å². The van der Waals surface area contributed by atoms with E-state index >= 15 is 0 Å². The molecule has 12 heteroatoms. The Hall–Kier alpha value is -1.82. The Morgan fingerprint density at radius 2 is 2.15 bits per heavy atom. The van der Waals surface area contributed by atoms with Gasteiger partial charge in [-0.25, -0.2) is 0 Å². The number of methoxy groups -OCH3 is 1. The Balaban J connectivity index is 2.62. The van der Waals surface area contributed by atoms with Gasteiger partial charge in [0, 0.05) is 6.20 Å². The van der Waals surface area contributed by atoms with Gasteiger partial charge in [0.25, 0.3) is 10.2 Å². The number of nitrogens with zero attached hydrogens (tertiary/aromatic N) is 2. The predicted octanol–water partition coefficient (Wildman–Crippen LogP) is -0.135. The zero-order valence-electron chi connectivity index (χ0n) is 10.1. The van der Waals surface area contributed by atoms with E-state index in [1.54, 1.807) is 0 Å². The standard InChI is InChI=1S/C8H11F3N4O4S/c1-19-7(16)4-15-3-6(2-12-15)14-20(17,18)13-5-8(9,10)11/h2-3,13-14H,4-5H2,1H3. The Morgan fingerprint density at radius 3 is 2.70 bits per heavy atom. The average Bonchev–Trinajstić information content (AvgIpc) is 2.72. The summed E-state index contributed by atoms with van der Waals surface area (Å²) in [6.45, 7) is -1.95. The van der Waals surface area contributed by atoms with Crippen LogP contribution >= 0.6 is 0 Å². The molecule has 0 unspecified atom stereocenters. The van der Waals surface area contributed by atoms with E-state index in [0.29, 0.717) is 0 Å². The third kappa shape index (κ3) is 5.88. The van der Waals surface area contributed by atoms with Gasteiger partial charge in [-0.1, -0.05) is 0 Å². The number of hydrogen-bond acceptors (Lipinski definition) is 5. The summed E-state index contributed by atoms with van der Waals surface area (Å²) < 4.78 is 66.8. The number of aromatic nitrogens is 2. The first kappa shape index (κ1) is 16.2. The smallest absolute Gasteiger partial charge is 0.402 e. The first-order valence-corrected chi connectivity index (χ1v) is 6.53. The van der Waals surface area contributed by atoms with Crippen molar-refractivity contribution in [3.05, 3.63) is 12.4 Å². The molecule has 0 aliphatic rings. The zero-order chi connectivity index (χ0) is 15.4. The lowest BCUT2D eigenvalue weighted by molar-refractivity contribution is -0.141. The van der Waals surface area contributed by atoms with Gasteiger partial charge in [0.2, 0.25) is 0 Å². The molecule has 0 saturated carbocycles. The van der Waals surface area contributed by atoms with E-state index in [4.69, 9.17) is 0 Å². The molecule has 0 radical (unpaired) electrons. The first-order valence-electron chi connectivity index (χ1n) is 5.05. The van der Waals surface area contributed by atoms with Crippen molar-refractivity contribution in [2.24, 2.45) is 0 Å². The van der Waals surface area contributed by atoms with Crippen molar-refractivity contribution in [3.63, 3.8) is 0 Å². The van der Waals surface area contributed by atoms with Crippen LogP contribution in [0.15, 0.2) is 12.4 Å². The van der Waals surface area contributed by atoms with Crippen molar-refractivity contribution in [3.8, 4) is 0 Å². The number of hydrogen-bond donors (Lipinski definition) is 2. The molecule has 2 N–H and O–H groups in total. The van der Waals surface area contributed by atoms with E-state index in [1.807, 2.05) is 4.72 Å². The van der Waals surface area contributed by atoms with Crippen molar-refractivity contribution in [2.75, 3.05) is 18.4 Å². The van der Waals surface area contributed by atoms with Crippen LogP contribution < -0.4 is 9.44 Å². The van der Waals surface area contributed by atoms with Crippen LogP contribution in [-0.2, 0) is 26.3 Å². The molecular formula is C8H11F3N4O4S. The number of ether oxygens (including phenoxy) is 1. The Kier molecular flexibility index (Phi) is 4.94. The second-order valence-corrected chi connectivity index (χ2v) is 5.04. The fourth-order valence-electron chi connectivity index (χ4n) is 1.07. The lowest BCUT2D eigenvalue weighted by Gasteiger charge is -2.09. The minimum Gasteiger partial charge on any atom is -0.468 e. The van der Waals surface area contributed by atoms with Crippen LogP contribution in [0.25, 0.3) is 0 Å². The molecule has 8 nitrogen and oxygen atoms in total. The van der Waals surface area contributed by atoms with E-state index in [1.165, 1.54) is 4.72 Å². The van der Waals surface area contributed by atoms with E-state index in [0.717, 1.165) is 24.2 Å². The van der Waals surface area contributed by atoms with Crippen molar-refractivity contribution in [1.82, 2.24) is 14.5 Å². The molecule has 0 amide bonds. The van der Waals surface area contributed by atoms with Gasteiger partial charge in [0.1, 0.15) is 13.1 Å². The predicted molar refractivity (Wildman–Crippen MR) is 60.8 cm³/mol. The molecule has 0 aliphatic heterocycles. The van der Waals surface area contributed by atoms with Crippen LogP contribution in [0.4, 0.5) is 18.9 Å². The summed E-state index contributed by atoms with van der Waals surface area (Å²) >= 11 is 0. The first-order chi connectivity index (χ1) is 9.11. The van der Waals surface area contributed by atoms with Crippen molar-refractivity contribution in [1.29, 1.82) is 0 Å². The molecule has 1 aromatic heterocycles. The maximum absolute atomic E-state index is 11.9. The quantitative estimate of drug-likeness (QED) is 0.712. The second-order valence-electron chi connectivity index (χ2n) is 3.54. The number of nitrogens with one attached hydrogen (secondary N) is 2. The number of anilines is 1. The molecular weight excluding hydrogens is 305 g/mol. The van der Waals surface area contributed by atoms with E-state index in [2.05, 4.69) is 9.84 Å². The Labute approximate surface area is 112 Å². The van der Waals surface area contributed by atoms with Gasteiger partial charge in [0.15, 0.2) is 0 Å². The van der Waals surface area contributed by atoms with Gasteiger partial charge in [-0.2, -0.15) is 31.4 Å². The Morgan fingerprint density at radius 1 is 1.50 bits per heavy atom. The van der Waals surface area contributed by atoms with Gasteiger partial charge in [0.05, 0.1) is 19.0 Å². The number of rotatable bonds is 6. The van der Waals surface area contributed by atoms with Crippen LogP contribution in [0.5, 0.6) is 0 Å². The van der Waals surface area contributed by atoms with Gasteiger partial charge in [-0.15, -0.1) is 0 Å². The van der Waals surface area contributed by atoms with Crippen LogP contribution in [0, 0.1) is 0 Å². The maximum atomic E-state index is 11.9.